The molecule has 3 rings (SSSR count). The first-order chi connectivity index (χ1) is 12.3. The first kappa shape index (κ1) is 17.4. The van der Waals surface area contributed by atoms with Crippen LogP contribution in [0.25, 0.3) is 0 Å². The normalized spacial score (nSPS) is 17.3. The molecule has 2 N–H and O–H groups in total. The summed E-state index contributed by atoms with van der Waals surface area (Å²) in [5.74, 6) is 0.774. The molecule has 1 aliphatic rings. The van der Waals surface area contributed by atoms with Crippen LogP contribution in [0, 0.1) is 0 Å². The van der Waals surface area contributed by atoms with Crippen molar-refractivity contribution in [3.63, 3.8) is 0 Å². The molecule has 2 heterocycles. The molecule has 0 radical (unpaired) electrons. The highest BCUT2D eigenvalue weighted by Crippen LogP contribution is 2.21. The highest BCUT2D eigenvalue weighted by molar-refractivity contribution is 5.92. The third kappa shape index (κ3) is 4.57. The summed E-state index contributed by atoms with van der Waals surface area (Å²) in [6.07, 6.45) is 2.05. The average molecular weight is 338 g/mol. The van der Waals surface area contributed by atoms with Crippen LogP contribution in [0.2, 0.25) is 0 Å². The summed E-state index contributed by atoms with van der Waals surface area (Å²) >= 11 is 0. The van der Waals surface area contributed by atoms with Gasteiger partial charge in [-0.05, 0) is 24.1 Å². The van der Waals surface area contributed by atoms with E-state index in [-0.39, 0.29) is 11.9 Å². The van der Waals surface area contributed by atoms with Crippen molar-refractivity contribution in [3.8, 4) is 0 Å². The molecule has 0 saturated carbocycles. The summed E-state index contributed by atoms with van der Waals surface area (Å²) in [6, 6.07) is 16.4. The van der Waals surface area contributed by atoms with Gasteiger partial charge < -0.3 is 15.5 Å². The molecule has 5 heteroatoms. The Morgan fingerprint density at radius 3 is 2.88 bits per heavy atom. The van der Waals surface area contributed by atoms with E-state index in [9.17, 15) is 4.79 Å². The van der Waals surface area contributed by atoms with Gasteiger partial charge in [-0.3, -0.25) is 4.79 Å². The number of carbonyl (C=O) groups is 1. The highest BCUT2D eigenvalue weighted by Gasteiger charge is 2.22. The topological polar surface area (TPSA) is 57.3 Å². The minimum atomic E-state index is -0.0926. The second-order valence-corrected chi connectivity index (χ2v) is 6.35. The van der Waals surface area contributed by atoms with Gasteiger partial charge in [-0.1, -0.05) is 49.7 Å². The molecule has 0 unspecified atom stereocenters. The lowest BCUT2D eigenvalue weighted by Crippen LogP contribution is -2.46. The van der Waals surface area contributed by atoms with Crippen LogP contribution in [0.5, 0.6) is 0 Å². The van der Waals surface area contributed by atoms with Gasteiger partial charge in [0.25, 0.3) is 5.91 Å². The number of nitrogens with one attached hydrogen (secondary N) is 2. The van der Waals surface area contributed by atoms with Crippen molar-refractivity contribution in [2.24, 2.45) is 0 Å². The minimum absolute atomic E-state index is 0.0926. The number of piperazine rings is 1. The van der Waals surface area contributed by atoms with E-state index in [1.54, 1.807) is 6.07 Å². The van der Waals surface area contributed by atoms with E-state index in [1.807, 2.05) is 18.2 Å². The van der Waals surface area contributed by atoms with E-state index in [4.69, 9.17) is 0 Å². The number of aromatic nitrogens is 1. The lowest BCUT2D eigenvalue weighted by Gasteiger charge is -2.34. The Morgan fingerprint density at radius 2 is 2.08 bits per heavy atom. The molecule has 0 aliphatic carbocycles. The number of nitrogens with zero attached hydrogens (tertiary/aromatic N) is 2. The molecule has 1 saturated heterocycles. The fraction of sp³-hybridized carbons (Fsp3) is 0.400. The number of hydrogen-bond donors (Lipinski definition) is 2. The zero-order valence-electron chi connectivity index (χ0n) is 14.7. The Balaban J connectivity index is 1.69. The van der Waals surface area contributed by atoms with E-state index in [1.165, 1.54) is 5.56 Å². The fourth-order valence-corrected chi connectivity index (χ4v) is 3.06. The third-order valence-corrected chi connectivity index (χ3v) is 4.48. The van der Waals surface area contributed by atoms with E-state index < -0.39 is 0 Å². The summed E-state index contributed by atoms with van der Waals surface area (Å²) < 4.78 is 0. The van der Waals surface area contributed by atoms with Crippen LogP contribution in [-0.4, -0.2) is 37.1 Å². The van der Waals surface area contributed by atoms with Crippen LogP contribution in [0.15, 0.2) is 48.5 Å². The van der Waals surface area contributed by atoms with Crippen molar-refractivity contribution in [2.75, 3.05) is 31.1 Å². The molecule has 1 amide bonds. The molecule has 1 fully saturated rings. The van der Waals surface area contributed by atoms with Crippen LogP contribution in [-0.2, 0) is 0 Å². The zero-order valence-corrected chi connectivity index (χ0v) is 14.7. The van der Waals surface area contributed by atoms with Gasteiger partial charge in [0.05, 0.1) is 0 Å². The predicted molar refractivity (Wildman–Crippen MR) is 101 cm³/mol. The van der Waals surface area contributed by atoms with Crippen molar-refractivity contribution in [3.05, 3.63) is 59.8 Å². The number of anilines is 1. The monoisotopic (exact) mass is 338 g/mol. The van der Waals surface area contributed by atoms with Gasteiger partial charge >= 0.3 is 0 Å². The molecule has 5 nitrogen and oxygen atoms in total. The summed E-state index contributed by atoms with van der Waals surface area (Å²) in [7, 11) is 0. The summed E-state index contributed by atoms with van der Waals surface area (Å²) in [4.78, 5) is 19.1. The van der Waals surface area contributed by atoms with E-state index >= 15 is 0 Å². The number of amides is 1. The molecule has 2 aromatic rings. The van der Waals surface area contributed by atoms with Gasteiger partial charge in [0, 0.05) is 32.2 Å². The Labute approximate surface area is 149 Å². The van der Waals surface area contributed by atoms with Crippen LogP contribution in [0.1, 0.15) is 41.9 Å². The molecule has 0 spiro atoms. The smallest absolute Gasteiger partial charge is 0.269 e. The van der Waals surface area contributed by atoms with Crippen LogP contribution in [0.3, 0.4) is 0 Å². The first-order valence-electron chi connectivity index (χ1n) is 9.06. The lowest BCUT2D eigenvalue weighted by molar-refractivity contribution is 0.0948. The van der Waals surface area contributed by atoms with E-state index in [0.29, 0.717) is 12.2 Å². The molecule has 1 aromatic carbocycles. The number of rotatable bonds is 6. The molecule has 1 aromatic heterocycles. The highest BCUT2D eigenvalue weighted by atomic mass is 16.1. The molecule has 1 atom stereocenters. The van der Waals surface area contributed by atoms with E-state index in [2.05, 4.69) is 51.7 Å². The van der Waals surface area contributed by atoms with Crippen LogP contribution >= 0.6 is 0 Å². The molecular formula is C20H26N4O. The molecular weight excluding hydrogens is 312 g/mol. The van der Waals surface area contributed by atoms with E-state index in [0.717, 1.165) is 38.3 Å². The average Bonchev–Trinajstić information content (AvgIpc) is 2.69. The van der Waals surface area contributed by atoms with Gasteiger partial charge in [0.2, 0.25) is 0 Å². The van der Waals surface area contributed by atoms with Crippen molar-refractivity contribution >= 4 is 11.7 Å². The summed E-state index contributed by atoms with van der Waals surface area (Å²) in [5.41, 5.74) is 1.77. The quantitative estimate of drug-likeness (QED) is 0.795. The number of unbranched alkanes of at least 4 members (excludes halogenated alkanes) is 1. The molecule has 25 heavy (non-hydrogen) atoms. The van der Waals surface area contributed by atoms with Crippen molar-refractivity contribution in [2.45, 2.75) is 25.8 Å². The Bertz CT molecular complexity index is 689. The minimum Gasteiger partial charge on any atom is -0.353 e. The second-order valence-electron chi connectivity index (χ2n) is 6.35. The van der Waals surface area contributed by atoms with Crippen LogP contribution < -0.4 is 15.5 Å². The maximum atomic E-state index is 12.2. The van der Waals surface area contributed by atoms with Crippen LogP contribution in [0.4, 0.5) is 5.82 Å². The SMILES string of the molecule is CCCCNC(=O)c1cccc(N2CCN[C@@H](c3ccccc3)C2)n1. The summed E-state index contributed by atoms with van der Waals surface area (Å²) in [6.45, 7) is 5.44. The van der Waals surface area contributed by atoms with Gasteiger partial charge in [-0.15, -0.1) is 0 Å². The van der Waals surface area contributed by atoms with Gasteiger partial charge in [-0.25, -0.2) is 4.98 Å². The Morgan fingerprint density at radius 1 is 1.24 bits per heavy atom. The number of benzene rings is 1. The first-order valence-corrected chi connectivity index (χ1v) is 9.06. The molecule has 132 valence electrons. The fourth-order valence-electron chi connectivity index (χ4n) is 3.06. The Hall–Kier alpha value is -2.40. The van der Waals surface area contributed by atoms with Crippen molar-refractivity contribution in [1.29, 1.82) is 0 Å². The number of pyridine rings is 1. The standard InChI is InChI=1S/C20H26N4O/c1-2-3-12-22-20(25)17-10-7-11-19(23-17)24-14-13-21-18(15-24)16-8-5-4-6-9-16/h4-11,18,21H,2-3,12-15H2,1H3,(H,22,25)/t18-/m1/s1. The van der Waals surface area contributed by atoms with Crippen molar-refractivity contribution < 1.29 is 4.79 Å². The number of carbonyl (C=O) groups excluding carboxylic acids is 1. The van der Waals surface area contributed by atoms with Gasteiger partial charge in [0.15, 0.2) is 0 Å². The Kier molecular flexibility index (Phi) is 6.01. The third-order valence-electron chi connectivity index (χ3n) is 4.48. The van der Waals surface area contributed by atoms with Crippen molar-refractivity contribution in [1.82, 2.24) is 15.6 Å². The largest absolute Gasteiger partial charge is 0.353 e. The predicted octanol–water partition coefficient (Wildman–Crippen LogP) is 2.76. The number of hydrogen-bond acceptors (Lipinski definition) is 4. The van der Waals surface area contributed by atoms with Gasteiger partial charge in [-0.2, -0.15) is 0 Å². The zero-order chi connectivity index (χ0) is 17.5. The second kappa shape index (κ2) is 8.62. The summed E-state index contributed by atoms with van der Waals surface area (Å²) in [5, 5.41) is 6.49. The molecule has 0 bridgehead atoms. The molecule has 1 aliphatic heterocycles. The van der Waals surface area contributed by atoms with Gasteiger partial charge in [0.1, 0.15) is 11.5 Å². The maximum Gasteiger partial charge on any atom is 0.269 e. The maximum absolute atomic E-state index is 12.2. The lowest BCUT2D eigenvalue weighted by atomic mass is 10.0.